The van der Waals surface area contributed by atoms with Crippen molar-refractivity contribution in [3.63, 3.8) is 0 Å². The van der Waals surface area contributed by atoms with Gasteiger partial charge in [-0.1, -0.05) is 12.5 Å². The number of benzene rings is 1. The Morgan fingerprint density at radius 1 is 1.40 bits per heavy atom. The molecule has 1 aromatic carbocycles. The van der Waals surface area contributed by atoms with Crippen LogP contribution in [-0.2, 0) is 6.54 Å². The van der Waals surface area contributed by atoms with E-state index in [1.165, 1.54) is 25.3 Å². The maximum atomic E-state index is 13.3. The normalized spacial score (nSPS) is 16.1. The van der Waals surface area contributed by atoms with Crippen molar-refractivity contribution in [1.29, 1.82) is 0 Å². The molecule has 15 heavy (non-hydrogen) atoms. The van der Waals surface area contributed by atoms with Crippen LogP contribution in [0.15, 0.2) is 18.2 Å². The lowest BCUT2D eigenvalue weighted by molar-refractivity contribution is 0.179. The molecule has 0 radical (unpaired) electrons. The Bertz CT molecular complexity index is 336. The molecule has 0 heterocycles. The monoisotopic (exact) mass is 209 g/mol. The van der Waals surface area contributed by atoms with Crippen molar-refractivity contribution in [1.82, 2.24) is 0 Å². The molecule has 0 aromatic heterocycles. The molecule has 1 fully saturated rings. The van der Waals surface area contributed by atoms with Crippen molar-refractivity contribution in [2.24, 2.45) is 11.7 Å². The molecular formula is C12H16FNO. The largest absolute Gasteiger partial charge is 0.493 e. The second kappa shape index (κ2) is 4.62. The molecule has 0 saturated heterocycles. The zero-order valence-electron chi connectivity index (χ0n) is 8.71. The smallest absolute Gasteiger partial charge is 0.131 e. The first kappa shape index (κ1) is 10.4. The van der Waals surface area contributed by atoms with Crippen LogP contribution >= 0.6 is 0 Å². The second-order valence-corrected chi connectivity index (χ2v) is 4.03. The van der Waals surface area contributed by atoms with Gasteiger partial charge in [-0.15, -0.1) is 0 Å². The van der Waals surface area contributed by atoms with E-state index < -0.39 is 0 Å². The molecule has 0 amide bonds. The van der Waals surface area contributed by atoms with E-state index in [1.807, 2.05) is 0 Å². The van der Waals surface area contributed by atoms with Crippen LogP contribution in [0.5, 0.6) is 5.75 Å². The summed E-state index contributed by atoms with van der Waals surface area (Å²) in [7, 11) is 0. The van der Waals surface area contributed by atoms with Crippen LogP contribution in [0.4, 0.5) is 4.39 Å². The van der Waals surface area contributed by atoms with Gasteiger partial charge in [-0.05, 0) is 30.9 Å². The molecule has 0 bridgehead atoms. The van der Waals surface area contributed by atoms with Gasteiger partial charge in [-0.2, -0.15) is 0 Å². The van der Waals surface area contributed by atoms with Crippen LogP contribution in [-0.4, -0.2) is 6.61 Å². The summed E-state index contributed by atoms with van der Waals surface area (Å²) in [5.41, 5.74) is 5.97. The Kier molecular flexibility index (Phi) is 3.21. The first-order valence-electron chi connectivity index (χ1n) is 5.41. The van der Waals surface area contributed by atoms with Crippen LogP contribution < -0.4 is 10.5 Å². The fourth-order valence-corrected chi connectivity index (χ4v) is 1.74. The summed E-state index contributed by atoms with van der Waals surface area (Å²) in [4.78, 5) is 0. The predicted molar refractivity (Wildman–Crippen MR) is 57.1 cm³/mol. The van der Waals surface area contributed by atoms with Crippen molar-refractivity contribution in [3.05, 3.63) is 29.6 Å². The zero-order valence-corrected chi connectivity index (χ0v) is 8.71. The summed E-state index contributed by atoms with van der Waals surface area (Å²) >= 11 is 0. The number of halogens is 1. The lowest BCUT2D eigenvalue weighted by atomic mass is 9.86. The van der Waals surface area contributed by atoms with E-state index in [0.29, 0.717) is 23.8 Å². The van der Waals surface area contributed by atoms with Crippen molar-refractivity contribution < 1.29 is 9.13 Å². The molecule has 2 N–H and O–H groups in total. The third-order valence-electron chi connectivity index (χ3n) is 2.98. The predicted octanol–water partition coefficient (Wildman–Crippen LogP) is 2.46. The lowest BCUT2D eigenvalue weighted by Gasteiger charge is -2.25. The molecule has 2 nitrogen and oxygen atoms in total. The number of rotatable bonds is 4. The molecule has 82 valence electrons. The molecule has 1 aliphatic carbocycles. The highest BCUT2D eigenvalue weighted by Gasteiger charge is 2.18. The SMILES string of the molecule is NCc1c(F)cccc1OCC1CCC1. The van der Waals surface area contributed by atoms with Crippen LogP contribution in [0.3, 0.4) is 0 Å². The van der Waals surface area contributed by atoms with Crippen LogP contribution in [0.2, 0.25) is 0 Å². The minimum atomic E-state index is -0.274. The van der Waals surface area contributed by atoms with Gasteiger partial charge in [0.25, 0.3) is 0 Å². The quantitative estimate of drug-likeness (QED) is 0.826. The maximum absolute atomic E-state index is 13.3. The van der Waals surface area contributed by atoms with Gasteiger partial charge in [0.05, 0.1) is 6.61 Å². The Hall–Kier alpha value is -1.09. The van der Waals surface area contributed by atoms with Gasteiger partial charge in [0.15, 0.2) is 0 Å². The van der Waals surface area contributed by atoms with Gasteiger partial charge in [-0.25, -0.2) is 4.39 Å². The van der Waals surface area contributed by atoms with Crippen molar-refractivity contribution in [2.45, 2.75) is 25.8 Å². The molecule has 2 rings (SSSR count). The molecule has 0 aliphatic heterocycles. The van der Waals surface area contributed by atoms with E-state index in [4.69, 9.17) is 10.5 Å². The van der Waals surface area contributed by atoms with E-state index in [1.54, 1.807) is 12.1 Å². The highest BCUT2D eigenvalue weighted by molar-refractivity contribution is 5.34. The van der Waals surface area contributed by atoms with E-state index in [2.05, 4.69) is 0 Å². The number of ether oxygens (including phenoxy) is 1. The average molecular weight is 209 g/mol. The molecule has 0 atom stereocenters. The van der Waals surface area contributed by atoms with E-state index in [-0.39, 0.29) is 12.4 Å². The lowest BCUT2D eigenvalue weighted by Crippen LogP contribution is -2.20. The molecule has 1 aromatic rings. The van der Waals surface area contributed by atoms with Crippen molar-refractivity contribution in [2.75, 3.05) is 6.61 Å². The Balaban J connectivity index is 2.02. The number of hydrogen-bond donors (Lipinski definition) is 1. The first-order valence-corrected chi connectivity index (χ1v) is 5.41. The third kappa shape index (κ3) is 2.29. The summed E-state index contributed by atoms with van der Waals surface area (Å²) in [5.74, 6) is 0.979. The minimum Gasteiger partial charge on any atom is -0.493 e. The first-order chi connectivity index (χ1) is 7.31. The summed E-state index contributed by atoms with van der Waals surface area (Å²) in [6.45, 7) is 0.878. The van der Waals surface area contributed by atoms with Gasteiger partial charge < -0.3 is 10.5 Å². The Morgan fingerprint density at radius 2 is 2.20 bits per heavy atom. The standard InChI is InChI=1S/C12H16FNO/c13-11-5-2-6-12(10(11)7-14)15-8-9-3-1-4-9/h2,5-6,9H,1,3-4,7-8,14H2. The van der Waals surface area contributed by atoms with Crippen molar-refractivity contribution in [3.8, 4) is 5.75 Å². The third-order valence-corrected chi connectivity index (χ3v) is 2.98. The van der Waals surface area contributed by atoms with Crippen LogP contribution in [0, 0.1) is 11.7 Å². The Labute approximate surface area is 89.2 Å². The molecule has 0 unspecified atom stereocenters. The summed E-state index contributed by atoms with van der Waals surface area (Å²) < 4.78 is 18.9. The fourth-order valence-electron chi connectivity index (χ4n) is 1.74. The molecule has 1 saturated carbocycles. The van der Waals surface area contributed by atoms with E-state index in [0.717, 1.165) is 0 Å². The molecule has 0 spiro atoms. The van der Waals surface area contributed by atoms with Gasteiger partial charge in [-0.3, -0.25) is 0 Å². The maximum Gasteiger partial charge on any atom is 0.131 e. The number of nitrogens with two attached hydrogens (primary N) is 1. The topological polar surface area (TPSA) is 35.2 Å². The summed E-state index contributed by atoms with van der Waals surface area (Å²) in [5, 5.41) is 0. The van der Waals surface area contributed by atoms with Gasteiger partial charge in [0.1, 0.15) is 11.6 Å². The molecule has 3 heteroatoms. The minimum absolute atomic E-state index is 0.187. The highest BCUT2D eigenvalue weighted by atomic mass is 19.1. The van der Waals surface area contributed by atoms with Crippen molar-refractivity contribution >= 4 is 0 Å². The average Bonchev–Trinajstić information content (AvgIpc) is 2.15. The second-order valence-electron chi connectivity index (χ2n) is 4.03. The van der Waals surface area contributed by atoms with Gasteiger partial charge in [0, 0.05) is 12.1 Å². The van der Waals surface area contributed by atoms with Gasteiger partial charge in [0.2, 0.25) is 0 Å². The molecular weight excluding hydrogens is 193 g/mol. The van der Waals surface area contributed by atoms with Crippen LogP contribution in [0.25, 0.3) is 0 Å². The highest BCUT2D eigenvalue weighted by Crippen LogP contribution is 2.28. The van der Waals surface area contributed by atoms with E-state index in [9.17, 15) is 4.39 Å². The zero-order chi connectivity index (χ0) is 10.7. The Morgan fingerprint density at radius 3 is 2.80 bits per heavy atom. The summed E-state index contributed by atoms with van der Waals surface area (Å²) in [6.07, 6.45) is 3.75. The van der Waals surface area contributed by atoms with Crippen LogP contribution in [0.1, 0.15) is 24.8 Å². The number of hydrogen-bond acceptors (Lipinski definition) is 2. The van der Waals surface area contributed by atoms with E-state index >= 15 is 0 Å². The fraction of sp³-hybridized carbons (Fsp3) is 0.500. The molecule has 1 aliphatic rings. The van der Waals surface area contributed by atoms with Gasteiger partial charge >= 0.3 is 0 Å². The summed E-state index contributed by atoms with van der Waals surface area (Å²) in [6, 6.07) is 4.85.